The van der Waals surface area contributed by atoms with E-state index in [0.717, 1.165) is 13.1 Å². The predicted molar refractivity (Wildman–Crippen MR) is 60.2 cm³/mol. The molecule has 2 heterocycles. The van der Waals surface area contributed by atoms with Gasteiger partial charge in [0.1, 0.15) is 0 Å². The molecule has 2 aliphatic rings. The average molecular weight is 220 g/mol. The summed E-state index contributed by atoms with van der Waals surface area (Å²) in [4.78, 5) is 11.7. The van der Waals surface area contributed by atoms with Crippen LogP contribution in [0.5, 0.6) is 0 Å². The maximum absolute atomic E-state index is 11.7. The number of amides is 1. The smallest absolute Gasteiger partial charge is 0.231 e. The third-order valence-electron chi connectivity index (χ3n) is 3.32. The third-order valence-corrected chi connectivity index (χ3v) is 3.32. The van der Waals surface area contributed by atoms with Crippen molar-refractivity contribution < 1.29 is 4.79 Å². The Balaban J connectivity index is 1.69. The number of hydrogen-bond donors (Lipinski definition) is 2. The molecule has 0 bridgehead atoms. The van der Waals surface area contributed by atoms with Crippen molar-refractivity contribution in [2.24, 2.45) is 13.0 Å². The lowest BCUT2D eigenvalue weighted by atomic mass is 10.0. The summed E-state index contributed by atoms with van der Waals surface area (Å²) < 4.78 is 1.88. The first kappa shape index (κ1) is 9.84. The molecule has 16 heavy (non-hydrogen) atoms. The molecule has 1 aromatic rings. The Kier molecular flexibility index (Phi) is 2.21. The van der Waals surface area contributed by atoms with Crippen LogP contribution in [0.1, 0.15) is 24.5 Å². The van der Waals surface area contributed by atoms with Gasteiger partial charge in [0.25, 0.3) is 0 Å². The van der Waals surface area contributed by atoms with E-state index in [1.165, 1.54) is 18.5 Å². The second-order valence-corrected chi connectivity index (χ2v) is 4.70. The van der Waals surface area contributed by atoms with Gasteiger partial charge in [-0.05, 0) is 12.8 Å². The van der Waals surface area contributed by atoms with Crippen LogP contribution < -0.4 is 10.6 Å². The lowest BCUT2D eigenvalue weighted by Crippen LogP contribution is -2.48. The molecule has 1 saturated carbocycles. The Morgan fingerprint density at radius 2 is 2.31 bits per heavy atom. The van der Waals surface area contributed by atoms with Gasteiger partial charge in [0.15, 0.2) is 5.82 Å². The van der Waals surface area contributed by atoms with E-state index < -0.39 is 0 Å². The van der Waals surface area contributed by atoms with Gasteiger partial charge in [0.05, 0.1) is 5.92 Å². The summed E-state index contributed by atoms with van der Waals surface area (Å²) in [5, 5.41) is 10.3. The van der Waals surface area contributed by atoms with Crippen LogP contribution in [-0.4, -0.2) is 28.8 Å². The van der Waals surface area contributed by atoms with Crippen LogP contribution >= 0.6 is 0 Å². The van der Waals surface area contributed by atoms with Crippen molar-refractivity contribution in [3.05, 3.63) is 11.8 Å². The van der Waals surface area contributed by atoms with Crippen LogP contribution in [0.2, 0.25) is 0 Å². The molecule has 3 rings (SSSR count). The molecular weight excluding hydrogens is 204 g/mol. The van der Waals surface area contributed by atoms with Gasteiger partial charge in [-0.3, -0.25) is 9.48 Å². The first-order chi connectivity index (χ1) is 7.74. The van der Waals surface area contributed by atoms with Gasteiger partial charge in [-0.1, -0.05) is 0 Å². The van der Waals surface area contributed by atoms with E-state index in [-0.39, 0.29) is 11.8 Å². The van der Waals surface area contributed by atoms with E-state index in [9.17, 15) is 4.79 Å². The summed E-state index contributed by atoms with van der Waals surface area (Å²) in [5.41, 5.74) is 1.24. The Labute approximate surface area is 94.2 Å². The number of aryl methyl sites for hydroxylation is 1. The zero-order valence-electron chi connectivity index (χ0n) is 9.36. The number of nitrogens with zero attached hydrogens (tertiary/aromatic N) is 2. The van der Waals surface area contributed by atoms with Gasteiger partial charge in [-0.25, -0.2) is 0 Å². The number of hydrogen-bond acceptors (Lipinski definition) is 3. The minimum Gasteiger partial charge on any atom is -0.315 e. The molecule has 0 unspecified atom stereocenters. The minimum atomic E-state index is 0.0826. The molecule has 0 spiro atoms. The van der Waals surface area contributed by atoms with Crippen molar-refractivity contribution in [3.8, 4) is 0 Å². The molecule has 0 atom stereocenters. The molecule has 1 aromatic heterocycles. The van der Waals surface area contributed by atoms with Crippen molar-refractivity contribution in [2.75, 3.05) is 18.4 Å². The molecule has 2 N–H and O–H groups in total. The first-order valence-corrected chi connectivity index (χ1v) is 5.79. The third kappa shape index (κ3) is 1.71. The maximum atomic E-state index is 11.7. The Morgan fingerprint density at radius 1 is 1.56 bits per heavy atom. The summed E-state index contributed by atoms with van der Waals surface area (Å²) in [7, 11) is 1.94. The summed E-state index contributed by atoms with van der Waals surface area (Å²) in [6.07, 6.45) is 2.50. The van der Waals surface area contributed by atoms with E-state index in [2.05, 4.69) is 15.7 Å². The molecule has 1 aliphatic carbocycles. The molecule has 5 heteroatoms. The lowest BCUT2D eigenvalue weighted by molar-refractivity contribution is -0.121. The van der Waals surface area contributed by atoms with Crippen molar-refractivity contribution in [1.29, 1.82) is 0 Å². The highest BCUT2D eigenvalue weighted by Crippen LogP contribution is 2.40. The van der Waals surface area contributed by atoms with Gasteiger partial charge in [-0.2, -0.15) is 5.10 Å². The zero-order valence-corrected chi connectivity index (χ0v) is 9.36. The largest absolute Gasteiger partial charge is 0.315 e. The summed E-state index contributed by atoms with van der Waals surface area (Å²) in [6.45, 7) is 1.57. The van der Waals surface area contributed by atoms with E-state index in [4.69, 9.17) is 0 Å². The van der Waals surface area contributed by atoms with Crippen LogP contribution in [-0.2, 0) is 11.8 Å². The van der Waals surface area contributed by atoms with E-state index in [0.29, 0.717) is 11.7 Å². The highest BCUT2D eigenvalue weighted by molar-refractivity contribution is 5.92. The maximum Gasteiger partial charge on any atom is 0.231 e. The topological polar surface area (TPSA) is 59.0 Å². The van der Waals surface area contributed by atoms with Gasteiger partial charge >= 0.3 is 0 Å². The molecule has 0 radical (unpaired) electrons. The van der Waals surface area contributed by atoms with Gasteiger partial charge in [0.2, 0.25) is 5.91 Å². The van der Waals surface area contributed by atoms with Gasteiger partial charge in [0, 0.05) is 37.8 Å². The SMILES string of the molecule is Cn1nc(NC(=O)C2CNC2)cc1C1CC1. The molecule has 2 fully saturated rings. The van der Waals surface area contributed by atoms with Crippen molar-refractivity contribution in [1.82, 2.24) is 15.1 Å². The predicted octanol–water partition coefficient (Wildman–Crippen LogP) is 0.455. The summed E-state index contributed by atoms with van der Waals surface area (Å²) >= 11 is 0. The fourth-order valence-corrected chi connectivity index (χ4v) is 2.01. The molecule has 1 saturated heterocycles. The summed E-state index contributed by atoms with van der Waals surface area (Å²) in [5.74, 6) is 1.56. The molecule has 0 aromatic carbocycles. The standard InChI is InChI=1S/C11H16N4O/c1-15-9(7-2-3-7)4-10(14-15)13-11(16)8-5-12-6-8/h4,7-8,12H,2-3,5-6H2,1H3,(H,13,14,16). The fraction of sp³-hybridized carbons (Fsp3) is 0.636. The molecule has 1 amide bonds. The Bertz CT molecular complexity index is 418. The normalized spacial score (nSPS) is 20.6. The molecular formula is C11H16N4O. The highest BCUT2D eigenvalue weighted by atomic mass is 16.2. The Morgan fingerprint density at radius 3 is 2.88 bits per heavy atom. The fourth-order valence-electron chi connectivity index (χ4n) is 2.01. The minimum absolute atomic E-state index is 0.0826. The first-order valence-electron chi connectivity index (χ1n) is 5.79. The lowest BCUT2D eigenvalue weighted by Gasteiger charge is -2.25. The van der Waals surface area contributed by atoms with Crippen LogP contribution in [0.25, 0.3) is 0 Å². The van der Waals surface area contributed by atoms with Gasteiger partial charge < -0.3 is 10.6 Å². The number of rotatable bonds is 3. The highest BCUT2D eigenvalue weighted by Gasteiger charge is 2.29. The zero-order chi connectivity index (χ0) is 11.1. The molecule has 86 valence electrons. The summed E-state index contributed by atoms with van der Waals surface area (Å²) in [6, 6.07) is 2.00. The second-order valence-electron chi connectivity index (χ2n) is 4.70. The molecule has 1 aliphatic heterocycles. The van der Waals surface area contributed by atoms with Crippen LogP contribution in [0.4, 0.5) is 5.82 Å². The van der Waals surface area contributed by atoms with Crippen molar-refractivity contribution >= 4 is 11.7 Å². The van der Waals surface area contributed by atoms with Crippen molar-refractivity contribution in [2.45, 2.75) is 18.8 Å². The number of nitrogens with one attached hydrogen (secondary N) is 2. The van der Waals surface area contributed by atoms with Crippen molar-refractivity contribution in [3.63, 3.8) is 0 Å². The van der Waals surface area contributed by atoms with Crippen LogP contribution in [0, 0.1) is 5.92 Å². The quantitative estimate of drug-likeness (QED) is 0.778. The number of anilines is 1. The van der Waals surface area contributed by atoms with E-state index in [1.54, 1.807) is 0 Å². The number of carbonyl (C=O) groups is 1. The Hall–Kier alpha value is -1.36. The van der Waals surface area contributed by atoms with Crippen LogP contribution in [0.15, 0.2) is 6.07 Å². The van der Waals surface area contributed by atoms with Crippen LogP contribution in [0.3, 0.4) is 0 Å². The second kappa shape index (κ2) is 3.59. The number of carbonyl (C=O) groups excluding carboxylic acids is 1. The average Bonchev–Trinajstić information content (AvgIpc) is 2.89. The van der Waals surface area contributed by atoms with E-state index >= 15 is 0 Å². The van der Waals surface area contributed by atoms with E-state index in [1.807, 2.05) is 17.8 Å². The monoisotopic (exact) mass is 220 g/mol. The number of aromatic nitrogens is 2. The molecule has 5 nitrogen and oxygen atoms in total. The van der Waals surface area contributed by atoms with Gasteiger partial charge in [-0.15, -0.1) is 0 Å².